The summed E-state index contributed by atoms with van der Waals surface area (Å²) in [4.78, 5) is 26.3. The Hall–Kier alpha value is -1.67. The number of carbonyl (C=O) groups is 1. The quantitative estimate of drug-likeness (QED) is 0.594. The summed E-state index contributed by atoms with van der Waals surface area (Å²) in [6, 6.07) is 8.21. The van der Waals surface area contributed by atoms with Crippen molar-refractivity contribution in [3.8, 4) is 5.75 Å². The van der Waals surface area contributed by atoms with E-state index in [0.717, 1.165) is 31.7 Å². The minimum Gasteiger partial charge on any atom is -0.497 e. The molecule has 7 nitrogen and oxygen atoms in total. The van der Waals surface area contributed by atoms with Gasteiger partial charge in [0.25, 0.3) is 0 Å². The molecule has 0 saturated carbocycles. The van der Waals surface area contributed by atoms with Gasteiger partial charge in [0.2, 0.25) is 12.1 Å². The van der Waals surface area contributed by atoms with Crippen LogP contribution in [0.3, 0.4) is 0 Å². The molecule has 0 radical (unpaired) electrons. The Morgan fingerprint density at radius 1 is 1.22 bits per heavy atom. The van der Waals surface area contributed by atoms with Gasteiger partial charge in [-0.1, -0.05) is 12.1 Å². The van der Waals surface area contributed by atoms with Crippen LogP contribution in [0.5, 0.6) is 5.75 Å². The highest BCUT2D eigenvalue weighted by atomic mass is 17.3. The number of fused-ring (bicyclic) bond motifs is 2. The van der Waals surface area contributed by atoms with Crippen LogP contribution >= 0.6 is 0 Å². The van der Waals surface area contributed by atoms with Gasteiger partial charge in [-0.15, -0.1) is 0 Å². The minimum absolute atomic E-state index is 0.0449. The first-order valence-electron chi connectivity index (χ1n) is 9.63. The second-order valence-corrected chi connectivity index (χ2v) is 8.16. The molecule has 0 unspecified atom stereocenters. The summed E-state index contributed by atoms with van der Waals surface area (Å²) in [6.07, 6.45) is 2.05. The standard InChI is InChI=1S/C20H25NO6/c1-19-9-7-16-20(27-26-19)14(11-17(22)24-18(20)25-19)8-10-21(16)12-13-3-5-15(23-2)6-4-13/h3-6,14,16,18H,7-12H2,1-2H3/t14-,16+,18+,19+,20-/m0/s1. The zero-order valence-corrected chi connectivity index (χ0v) is 15.7. The number of rotatable bonds is 3. The monoisotopic (exact) mass is 375 g/mol. The van der Waals surface area contributed by atoms with Crippen molar-refractivity contribution in [2.24, 2.45) is 5.92 Å². The van der Waals surface area contributed by atoms with Gasteiger partial charge in [-0.3, -0.25) is 9.69 Å². The fourth-order valence-electron chi connectivity index (χ4n) is 5.08. The SMILES string of the molecule is COc1ccc(CN2CC[C@H]3CC(=O)O[C@@H]4O[C@@]5(C)CC[C@@H]2[C@@]34OO5)cc1. The molecule has 27 heavy (non-hydrogen) atoms. The van der Waals surface area contributed by atoms with E-state index in [1.54, 1.807) is 7.11 Å². The van der Waals surface area contributed by atoms with Crippen LogP contribution in [0.1, 0.15) is 38.2 Å². The van der Waals surface area contributed by atoms with E-state index in [1.165, 1.54) is 5.56 Å². The lowest BCUT2D eigenvalue weighted by atomic mass is 9.70. The number of methoxy groups -OCH3 is 1. The molecule has 7 heteroatoms. The third-order valence-electron chi connectivity index (χ3n) is 6.52. The van der Waals surface area contributed by atoms with E-state index in [9.17, 15) is 4.79 Å². The molecule has 5 aliphatic heterocycles. The van der Waals surface area contributed by atoms with Gasteiger partial charge in [0, 0.05) is 24.9 Å². The normalized spacial score (nSPS) is 40.8. The van der Waals surface area contributed by atoms with Crippen molar-refractivity contribution >= 4 is 5.97 Å². The Balaban J connectivity index is 1.47. The van der Waals surface area contributed by atoms with Crippen molar-refractivity contribution in [2.75, 3.05) is 13.7 Å². The average Bonchev–Trinajstić information content (AvgIpc) is 2.89. The fraction of sp³-hybridized carbons (Fsp3) is 0.650. The molecule has 146 valence electrons. The molecule has 0 aromatic heterocycles. The number of hydrogen-bond acceptors (Lipinski definition) is 7. The Morgan fingerprint density at radius 2 is 2.04 bits per heavy atom. The van der Waals surface area contributed by atoms with Crippen LogP contribution < -0.4 is 4.74 Å². The smallest absolute Gasteiger partial charge is 0.308 e. The van der Waals surface area contributed by atoms with E-state index < -0.39 is 17.7 Å². The summed E-state index contributed by atoms with van der Waals surface area (Å²) < 4.78 is 17.0. The second kappa shape index (κ2) is 6.17. The average molecular weight is 375 g/mol. The van der Waals surface area contributed by atoms with Crippen LogP contribution in [-0.2, 0) is 30.6 Å². The highest BCUT2D eigenvalue weighted by molar-refractivity contribution is 5.71. The lowest BCUT2D eigenvalue weighted by molar-refractivity contribution is -0.555. The van der Waals surface area contributed by atoms with Crippen molar-refractivity contribution in [1.82, 2.24) is 4.90 Å². The zero-order chi connectivity index (χ0) is 18.6. The van der Waals surface area contributed by atoms with Crippen molar-refractivity contribution in [2.45, 2.75) is 62.9 Å². The maximum atomic E-state index is 12.1. The molecule has 2 bridgehead atoms. The van der Waals surface area contributed by atoms with E-state index >= 15 is 0 Å². The van der Waals surface area contributed by atoms with Gasteiger partial charge >= 0.3 is 5.97 Å². The first-order chi connectivity index (χ1) is 13.0. The maximum Gasteiger partial charge on any atom is 0.308 e. The number of likely N-dealkylation sites (tertiary alicyclic amines) is 1. The van der Waals surface area contributed by atoms with E-state index in [-0.39, 0.29) is 17.9 Å². The first-order valence-corrected chi connectivity index (χ1v) is 9.63. The molecule has 5 heterocycles. The van der Waals surface area contributed by atoms with Gasteiger partial charge in [0.15, 0.2) is 5.60 Å². The third kappa shape index (κ3) is 2.68. The molecule has 1 aromatic carbocycles. The minimum atomic E-state index is -0.874. The Kier molecular flexibility index (Phi) is 3.98. The second-order valence-electron chi connectivity index (χ2n) is 8.16. The first kappa shape index (κ1) is 17.4. The van der Waals surface area contributed by atoms with E-state index in [4.69, 9.17) is 24.0 Å². The van der Waals surface area contributed by atoms with Crippen molar-refractivity contribution in [3.05, 3.63) is 29.8 Å². The summed E-state index contributed by atoms with van der Waals surface area (Å²) in [7, 11) is 1.67. The molecular weight excluding hydrogens is 350 g/mol. The van der Waals surface area contributed by atoms with E-state index in [2.05, 4.69) is 17.0 Å². The molecule has 5 atom stereocenters. The van der Waals surface area contributed by atoms with Crippen LogP contribution in [0.25, 0.3) is 0 Å². The lowest BCUT2D eigenvalue weighted by Crippen LogP contribution is -2.72. The predicted molar refractivity (Wildman–Crippen MR) is 93.4 cm³/mol. The largest absolute Gasteiger partial charge is 0.497 e. The molecule has 0 aliphatic carbocycles. The summed E-state index contributed by atoms with van der Waals surface area (Å²) in [6.45, 7) is 3.55. The molecule has 5 aliphatic rings. The molecule has 1 spiro atoms. The Bertz CT molecular complexity index is 738. The number of piperidine rings is 1. The van der Waals surface area contributed by atoms with E-state index in [0.29, 0.717) is 12.8 Å². The van der Waals surface area contributed by atoms with Gasteiger partial charge in [0.1, 0.15) is 5.75 Å². The molecule has 0 amide bonds. The number of nitrogens with zero attached hydrogens (tertiary/aromatic N) is 1. The maximum absolute atomic E-state index is 12.1. The third-order valence-corrected chi connectivity index (χ3v) is 6.52. The molecule has 0 N–H and O–H groups in total. The number of ether oxygens (including phenoxy) is 3. The van der Waals surface area contributed by atoms with Crippen molar-refractivity contribution < 1.29 is 28.8 Å². The Labute approximate surface area is 158 Å². The molecular formula is C20H25NO6. The fourth-order valence-corrected chi connectivity index (χ4v) is 5.08. The van der Waals surface area contributed by atoms with Gasteiger partial charge in [0.05, 0.1) is 13.5 Å². The van der Waals surface area contributed by atoms with Crippen LogP contribution in [0, 0.1) is 5.92 Å². The summed E-state index contributed by atoms with van der Waals surface area (Å²) in [5.74, 6) is -0.191. The molecule has 1 aromatic rings. The summed E-state index contributed by atoms with van der Waals surface area (Å²) >= 11 is 0. The van der Waals surface area contributed by atoms with Gasteiger partial charge in [-0.05, 0) is 44.0 Å². The van der Waals surface area contributed by atoms with E-state index in [1.807, 2.05) is 19.1 Å². The van der Waals surface area contributed by atoms with Crippen LogP contribution in [-0.4, -0.2) is 48.2 Å². The lowest BCUT2D eigenvalue weighted by Gasteiger charge is -2.57. The topological polar surface area (TPSA) is 66.5 Å². The predicted octanol–water partition coefficient (Wildman–Crippen LogP) is 2.39. The van der Waals surface area contributed by atoms with Crippen LogP contribution in [0.15, 0.2) is 24.3 Å². The highest BCUT2D eigenvalue weighted by Crippen LogP contribution is 2.54. The number of carbonyl (C=O) groups excluding carboxylic acids is 1. The van der Waals surface area contributed by atoms with Crippen LogP contribution in [0.4, 0.5) is 0 Å². The summed E-state index contributed by atoms with van der Waals surface area (Å²) in [5.41, 5.74) is 0.455. The molecule has 6 rings (SSSR count). The van der Waals surface area contributed by atoms with Crippen molar-refractivity contribution in [3.63, 3.8) is 0 Å². The van der Waals surface area contributed by atoms with Gasteiger partial charge in [-0.2, -0.15) is 0 Å². The molecule has 5 fully saturated rings. The van der Waals surface area contributed by atoms with Crippen molar-refractivity contribution in [1.29, 1.82) is 0 Å². The summed E-state index contributed by atoms with van der Waals surface area (Å²) in [5, 5.41) is 0. The highest BCUT2D eigenvalue weighted by Gasteiger charge is 2.68. The molecule has 5 saturated heterocycles. The number of hydrogen-bond donors (Lipinski definition) is 0. The van der Waals surface area contributed by atoms with Gasteiger partial charge < -0.3 is 14.2 Å². The Morgan fingerprint density at radius 3 is 2.81 bits per heavy atom. The number of esters is 1. The van der Waals surface area contributed by atoms with Gasteiger partial charge in [-0.25, -0.2) is 9.78 Å². The van der Waals surface area contributed by atoms with Crippen LogP contribution in [0.2, 0.25) is 0 Å². The number of benzene rings is 1. The zero-order valence-electron chi connectivity index (χ0n) is 15.7.